The third-order valence-electron chi connectivity index (χ3n) is 5.20. The smallest absolute Gasteiger partial charge is 0.269 e. The van der Waals surface area contributed by atoms with Crippen LogP contribution in [0.1, 0.15) is 34.6 Å². The van der Waals surface area contributed by atoms with E-state index in [4.69, 9.17) is 9.47 Å². The Hall–Kier alpha value is -4.84. The van der Waals surface area contributed by atoms with E-state index in [1.54, 1.807) is 54.6 Å². The molecule has 4 rings (SSSR count). The molecule has 194 valence electrons. The van der Waals surface area contributed by atoms with E-state index in [0.717, 1.165) is 11.3 Å². The first-order valence-corrected chi connectivity index (χ1v) is 12.4. The zero-order valence-corrected chi connectivity index (χ0v) is 21.3. The molecule has 0 bridgehead atoms. The molecule has 2 N–H and O–H groups in total. The minimum Gasteiger partial charge on any atom is -0.490 e. The zero-order chi connectivity index (χ0) is 27.1. The van der Waals surface area contributed by atoms with E-state index in [0.29, 0.717) is 46.5 Å². The van der Waals surface area contributed by atoms with Crippen LogP contribution < -0.4 is 20.1 Å². The molecule has 4 aromatic rings. The van der Waals surface area contributed by atoms with E-state index >= 15 is 0 Å². The number of para-hydroxylation sites is 1. The highest BCUT2D eigenvalue weighted by molar-refractivity contribution is 7.18. The van der Waals surface area contributed by atoms with Gasteiger partial charge in [0.1, 0.15) is 5.01 Å². The lowest BCUT2D eigenvalue weighted by atomic mass is 10.1. The predicted octanol–water partition coefficient (Wildman–Crippen LogP) is 5.42. The van der Waals surface area contributed by atoms with E-state index in [2.05, 4.69) is 20.8 Å². The summed E-state index contributed by atoms with van der Waals surface area (Å²) < 4.78 is 11.1. The van der Waals surface area contributed by atoms with Crippen molar-refractivity contribution in [1.29, 1.82) is 0 Å². The Morgan fingerprint density at radius 2 is 1.61 bits per heavy atom. The van der Waals surface area contributed by atoms with E-state index < -0.39 is 16.7 Å². The predicted molar refractivity (Wildman–Crippen MR) is 143 cm³/mol. The van der Waals surface area contributed by atoms with Crippen molar-refractivity contribution in [3.63, 3.8) is 0 Å². The maximum atomic E-state index is 13.0. The van der Waals surface area contributed by atoms with Gasteiger partial charge in [0.05, 0.1) is 29.4 Å². The lowest BCUT2D eigenvalue weighted by Gasteiger charge is -2.13. The van der Waals surface area contributed by atoms with Gasteiger partial charge in [-0.15, -0.1) is 10.2 Å². The van der Waals surface area contributed by atoms with Crippen LogP contribution >= 0.6 is 11.3 Å². The van der Waals surface area contributed by atoms with Gasteiger partial charge < -0.3 is 14.8 Å². The number of nitro benzene ring substituents is 1. The van der Waals surface area contributed by atoms with E-state index in [1.165, 1.54) is 12.1 Å². The average molecular weight is 534 g/mol. The third kappa shape index (κ3) is 6.10. The topological polar surface area (TPSA) is 146 Å². The highest BCUT2D eigenvalue weighted by atomic mass is 32.1. The highest BCUT2D eigenvalue weighted by Gasteiger charge is 2.18. The molecule has 0 atom stereocenters. The maximum Gasteiger partial charge on any atom is 0.269 e. The Morgan fingerprint density at radius 3 is 2.32 bits per heavy atom. The summed E-state index contributed by atoms with van der Waals surface area (Å²) in [7, 11) is 0. The SMILES string of the molecule is CCOc1ccc(C(=O)Nc2ccccc2C(=O)Nc2nnc(-c3ccc([N+](=O)[O-])cc3)s2)cc1OCC. The molecule has 0 unspecified atom stereocenters. The van der Waals surface area contributed by atoms with Crippen LogP contribution in [0.3, 0.4) is 0 Å². The van der Waals surface area contributed by atoms with Crippen molar-refractivity contribution < 1.29 is 24.0 Å². The van der Waals surface area contributed by atoms with Gasteiger partial charge in [-0.2, -0.15) is 0 Å². The first-order chi connectivity index (χ1) is 18.4. The summed E-state index contributed by atoms with van der Waals surface area (Å²) in [6, 6.07) is 17.3. The van der Waals surface area contributed by atoms with Crippen LogP contribution in [0.2, 0.25) is 0 Å². The standard InChI is InChI=1S/C26H23N5O6S/c1-3-36-21-14-11-17(15-22(21)37-4-2)23(32)27-20-8-6-5-7-19(20)24(33)28-26-30-29-25(38-26)16-9-12-18(13-10-16)31(34)35/h5-15H,3-4H2,1-2H3,(H,27,32)(H,28,30,33). The number of aromatic nitrogens is 2. The molecule has 3 aromatic carbocycles. The molecular weight excluding hydrogens is 510 g/mol. The fourth-order valence-corrected chi connectivity index (χ4v) is 4.20. The Balaban J connectivity index is 1.49. The first-order valence-electron chi connectivity index (χ1n) is 11.6. The number of carbonyl (C=O) groups excluding carboxylic acids is 2. The summed E-state index contributed by atoms with van der Waals surface area (Å²) in [5.41, 5.74) is 1.46. The van der Waals surface area contributed by atoms with Crippen LogP contribution in [0.25, 0.3) is 10.6 Å². The number of nitro groups is 1. The van der Waals surface area contributed by atoms with Crippen molar-refractivity contribution in [2.24, 2.45) is 0 Å². The van der Waals surface area contributed by atoms with Crippen molar-refractivity contribution in [3.05, 3.63) is 88.0 Å². The van der Waals surface area contributed by atoms with Crippen LogP contribution in [0, 0.1) is 10.1 Å². The molecule has 0 saturated heterocycles. The Kier molecular flexibility index (Phi) is 8.23. The Morgan fingerprint density at radius 1 is 0.895 bits per heavy atom. The Bertz CT molecular complexity index is 1470. The van der Waals surface area contributed by atoms with E-state index in [9.17, 15) is 19.7 Å². The van der Waals surface area contributed by atoms with Gasteiger partial charge in [0, 0.05) is 23.3 Å². The van der Waals surface area contributed by atoms with Gasteiger partial charge >= 0.3 is 0 Å². The molecule has 0 aliphatic rings. The summed E-state index contributed by atoms with van der Waals surface area (Å²) in [6.45, 7) is 4.56. The lowest BCUT2D eigenvalue weighted by Crippen LogP contribution is -2.18. The summed E-state index contributed by atoms with van der Waals surface area (Å²) in [5, 5.41) is 25.1. The van der Waals surface area contributed by atoms with Crippen LogP contribution in [0.5, 0.6) is 11.5 Å². The fourth-order valence-electron chi connectivity index (χ4n) is 3.46. The van der Waals surface area contributed by atoms with Gasteiger partial charge in [0.2, 0.25) is 5.13 Å². The first kappa shape index (κ1) is 26.2. The second kappa shape index (κ2) is 11.9. The molecule has 1 aromatic heterocycles. The molecule has 0 radical (unpaired) electrons. The lowest BCUT2D eigenvalue weighted by molar-refractivity contribution is -0.384. The van der Waals surface area contributed by atoms with Crippen LogP contribution in [-0.2, 0) is 0 Å². The van der Waals surface area contributed by atoms with Gasteiger partial charge in [0.25, 0.3) is 17.5 Å². The maximum absolute atomic E-state index is 13.0. The normalized spacial score (nSPS) is 10.5. The number of hydrogen-bond donors (Lipinski definition) is 2. The average Bonchev–Trinajstić information content (AvgIpc) is 3.38. The molecule has 0 saturated carbocycles. The number of nitrogens with zero attached hydrogens (tertiary/aromatic N) is 3. The minimum absolute atomic E-state index is 0.0372. The number of amides is 2. The Labute approximate surface area is 221 Å². The summed E-state index contributed by atoms with van der Waals surface area (Å²) in [5.74, 6) is 0.0728. The molecule has 38 heavy (non-hydrogen) atoms. The van der Waals surface area contributed by atoms with Crippen molar-refractivity contribution in [2.45, 2.75) is 13.8 Å². The number of rotatable bonds is 10. The van der Waals surface area contributed by atoms with Crippen molar-refractivity contribution in [3.8, 4) is 22.1 Å². The van der Waals surface area contributed by atoms with Gasteiger partial charge in [-0.1, -0.05) is 23.5 Å². The molecule has 0 spiro atoms. The van der Waals surface area contributed by atoms with Gasteiger partial charge in [0.15, 0.2) is 11.5 Å². The fraction of sp³-hybridized carbons (Fsp3) is 0.154. The van der Waals surface area contributed by atoms with E-state index in [-0.39, 0.29) is 16.4 Å². The van der Waals surface area contributed by atoms with Crippen LogP contribution in [0.4, 0.5) is 16.5 Å². The molecule has 0 aliphatic carbocycles. The van der Waals surface area contributed by atoms with E-state index in [1.807, 2.05) is 13.8 Å². The third-order valence-corrected chi connectivity index (χ3v) is 6.08. The molecule has 2 amide bonds. The zero-order valence-electron chi connectivity index (χ0n) is 20.5. The molecular formula is C26H23N5O6S. The molecule has 1 heterocycles. The highest BCUT2D eigenvalue weighted by Crippen LogP contribution is 2.30. The van der Waals surface area contributed by atoms with Gasteiger partial charge in [-0.3, -0.25) is 25.0 Å². The van der Waals surface area contributed by atoms with Crippen molar-refractivity contribution in [2.75, 3.05) is 23.8 Å². The second-order valence-electron chi connectivity index (χ2n) is 7.70. The van der Waals surface area contributed by atoms with Gasteiger partial charge in [-0.05, 0) is 56.3 Å². The second-order valence-corrected chi connectivity index (χ2v) is 8.68. The number of non-ortho nitro benzene ring substituents is 1. The quantitative estimate of drug-likeness (QED) is 0.203. The molecule has 0 fully saturated rings. The molecule has 0 aliphatic heterocycles. The van der Waals surface area contributed by atoms with Crippen molar-refractivity contribution >= 4 is 39.7 Å². The number of nitrogens with one attached hydrogen (secondary N) is 2. The monoisotopic (exact) mass is 533 g/mol. The summed E-state index contributed by atoms with van der Waals surface area (Å²) in [4.78, 5) is 36.4. The van der Waals surface area contributed by atoms with Crippen LogP contribution in [-0.4, -0.2) is 40.1 Å². The van der Waals surface area contributed by atoms with Crippen LogP contribution in [0.15, 0.2) is 66.7 Å². The van der Waals surface area contributed by atoms with Crippen molar-refractivity contribution in [1.82, 2.24) is 10.2 Å². The minimum atomic E-state index is -0.492. The summed E-state index contributed by atoms with van der Waals surface area (Å²) in [6.07, 6.45) is 0. The molecule has 11 nitrogen and oxygen atoms in total. The number of carbonyl (C=O) groups is 2. The largest absolute Gasteiger partial charge is 0.490 e. The molecule has 12 heteroatoms. The summed E-state index contributed by atoms with van der Waals surface area (Å²) >= 11 is 1.11. The van der Waals surface area contributed by atoms with Gasteiger partial charge in [-0.25, -0.2) is 0 Å². The number of benzene rings is 3. The number of hydrogen-bond acceptors (Lipinski definition) is 9. The number of anilines is 2. The number of ether oxygens (including phenoxy) is 2.